The number of aromatic amines is 1. The first-order chi connectivity index (χ1) is 14.8. The molecule has 31 heavy (non-hydrogen) atoms. The number of aromatic nitrogens is 3. The lowest BCUT2D eigenvalue weighted by molar-refractivity contribution is 0.0984. The molecule has 3 aromatic rings. The van der Waals surface area contributed by atoms with Gasteiger partial charge in [0.15, 0.2) is 5.69 Å². The van der Waals surface area contributed by atoms with Gasteiger partial charge in [-0.1, -0.05) is 43.7 Å². The number of unbranched alkanes of at least 4 members (excludes halogenated alkanes) is 1. The fraction of sp³-hybridized carbons (Fsp3) is 0.273. The lowest BCUT2D eigenvalue weighted by Crippen LogP contribution is -2.41. The number of carbonyl (C=O) groups is 1. The first-order valence-electron chi connectivity index (χ1n) is 9.98. The molecule has 0 spiro atoms. The molecule has 2 aromatic heterocycles. The molecule has 2 heterocycles. The minimum atomic E-state index is -0.761. The molecular formula is C22H25N5O4. The van der Waals surface area contributed by atoms with Gasteiger partial charge < -0.3 is 10.3 Å². The van der Waals surface area contributed by atoms with Gasteiger partial charge in [-0.3, -0.25) is 28.8 Å². The molecule has 3 N–H and O–H groups in total. The zero-order valence-electron chi connectivity index (χ0n) is 17.5. The van der Waals surface area contributed by atoms with Crippen LogP contribution in [0, 0.1) is 0 Å². The summed E-state index contributed by atoms with van der Waals surface area (Å²) in [6, 6.07) is 11.8. The van der Waals surface area contributed by atoms with Crippen LogP contribution in [-0.4, -0.2) is 20.0 Å². The van der Waals surface area contributed by atoms with Crippen molar-refractivity contribution in [2.75, 3.05) is 10.6 Å². The highest BCUT2D eigenvalue weighted by Gasteiger charge is 2.26. The maximum Gasteiger partial charge on any atom is 0.330 e. The molecular weight excluding hydrogens is 398 g/mol. The van der Waals surface area contributed by atoms with Crippen LogP contribution in [0.3, 0.4) is 0 Å². The lowest BCUT2D eigenvalue weighted by atomic mass is 10.1. The highest BCUT2D eigenvalue weighted by Crippen LogP contribution is 2.22. The quantitative estimate of drug-likeness (QED) is 0.596. The molecule has 1 amide bonds. The molecule has 3 rings (SSSR count). The molecule has 162 valence electrons. The van der Waals surface area contributed by atoms with E-state index in [1.54, 1.807) is 7.05 Å². The zero-order chi connectivity index (χ0) is 22.5. The smallest absolute Gasteiger partial charge is 0.330 e. The van der Waals surface area contributed by atoms with Crippen molar-refractivity contribution in [3.8, 4) is 0 Å². The monoisotopic (exact) mass is 423 g/mol. The number of hydrogen-bond acceptors (Lipinski definition) is 5. The highest BCUT2D eigenvalue weighted by atomic mass is 16.2. The third-order valence-electron chi connectivity index (χ3n) is 5.00. The number of pyridine rings is 1. The number of nitrogens with two attached hydrogens (primary N) is 1. The molecule has 0 unspecified atom stereocenters. The van der Waals surface area contributed by atoms with E-state index in [1.807, 2.05) is 37.3 Å². The van der Waals surface area contributed by atoms with E-state index < -0.39 is 17.2 Å². The van der Waals surface area contributed by atoms with Gasteiger partial charge in [0.25, 0.3) is 17.0 Å². The van der Waals surface area contributed by atoms with Crippen molar-refractivity contribution in [1.82, 2.24) is 14.1 Å². The van der Waals surface area contributed by atoms with E-state index in [-0.39, 0.29) is 29.2 Å². The van der Waals surface area contributed by atoms with Crippen molar-refractivity contribution in [3.05, 3.63) is 91.0 Å². The minimum Gasteiger partial charge on any atom is -0.383 e. The van der Waals surface area contributed by atoms with E-state index in [2.05, 4.69) is 4.98 Å². The Labute approximate surface area is 178 Å². The summed E-state index contributed by atoms with van der Waals surface area (Å²) >= 11 is 0. The van der Waals surface area contributed by atoms with Gasteiger partial charge in [0.1, 0.15) is 5.82 Å². The summed E-state index contributed by atoms with van der Waals surface area (Å²) in [5, 5.41) is 0. The Balaban J connectivity index is 2.18. The maximum absolute atomic E-state index is 13.4. The van der Waals surface area contributed by atoms with Crippen molar-refractivity contribution >= 4 is 17.4 Å². The van der Waals surface area contributed by atoms with Gasteiger partial charge in [0, 0.05) is 31.4 Å². The number of amides is 1. The normalized spacial score (nSPS) is 10.8. The summed E-state index contributed by atoms with van der Waals surface area (Å²) in [5.74, 6) is -0.658. The van der Waals surface area contributed by atoms with Crippen molar-refractivity contribution in [2.45, 2.75) is 32.9 Å². The molecule has 0 saturated heterocycles. The highest BCUT2D eigenvalue weighted by molar-refractivity contribution is 6.07. The number of nitrogens with zero attached hydrogens (tertiary/aromatic N) is 3. The average Bonchev–Trinajstić information content (AvgIpc) is 2.75. The van der Waals surface area contributed by atoms with Crippen molar-refractivity contribution in [2.24, 2.45) is 7.05 Å². The Bertz CT molecular complexity index is 1260. The third-order valence-corrected chi connectivity index (χ3v) is 5.00. The molecule has 0 aliphatic carbocycles. The van der Waals surface area contributed by atoms with Crippen LogP contribution in [0.2, 0.25) is 0 Å². The molecule has 0 fully saturated rings. The molecule has 1 aromatic carbocycles. The van der Waals surface area contributed by atoms with Gasteiger partial charge in [-0.25, -0.2) is 4.79 Å². The molecule has 0 atom stereocenters. The van der Waals surface area contributed by atoms with E-state index in [0.717, 1.165) is 12.0 Å². The number of carbonyl (C=O) groups excluding carboxylic acids is 1. The van der Waals surface area contributed by atoms with Crippen LogP contribution in [-0.2, 0) is 20.1 Å². The Morgan fingerprint density at radius 3 is 2.48 bits per heavy atom. The van der Waals surface area contributed by atoms with Crippen LogP contribution >= 0.6 is 0 Å². The topological polar surface area (TPSA) is 123 Å². The van der Waals surface area contributed by atoms with E-state index in [0.29, 0.717) is 13.0 Å². The van der Waals surface area contributed by atoms with Crippen LogP contribution in [0.15, 0.2) is 63.0 Å². The van der Waals surface area contributed by atoms with Crippen molar-refractivity contribution < 1.29 is 4.79 Å². The molecule has 0 aliphatic rings. The summed E-state index contributed by atoms with van der Waals surface area (Å²) in [6.07, 6.45) is 2.98. The van der Waals surface area contributed by atoms with Crippen molar-refractivity contribution in [1.29, 1.82) is 0 Å². The fourth-order valence-electron chi connectivity index (χ4n) is 3.23. The Morgan fingerprint density at radius 2 is 1.84 bits per heavy atom. The molecule has 0 saturated carbocycles. The fourth-order valence-corrected chi connectivity index (χ4v) is 3.23. The van der Waals surface area contributed by atoms with Gasteiger partial charge >= 0.3 is 5.69 Å². The van der Waals surface area contributed by atoms with E-state index >= 15 is 0 Å². The van der Waals surface area contributed by atoms with Gasteiger partial charge in [-0.15, -0.1) is 0 Å². The Morgan fingerprint density at radius 1 is 1.13 bits per heavy atom. The van der Waals surface area contributed by atoms with E-state index in [1.165, 1.54) is 32.4 Å². The summed E-state index contributed by atoms with van der Waals surface area (Å²) in [4.78, 5) is 54.0. The van der Waals surface area contributed by atoms with Crippen LogP contribution in [0.25, 0.3) is 0 Å². The summed E-state index contributed by atoms with van der Waals surface area (Å²) in [7, 11) is 1.57. The number of anilines is 2. The predicted molar refractivity (Wildman–Crippen MR) is 119 cm³/mol. The largest absolute Gasteiger partial charge is 0.383 e. The first-order valence-corrected chi connectivity index (χ1v) is 9.98. The lowest BCUT2D eigenvalue weighted by Gasteiger charge is -2.25. The standard InChI is InChI=1S/C22H25N5O4/c1-3-4-11-26-19(23)18(20(29)24-22(26)31)27(14-15-8-6-5-7-9-15)21(30)16-10-12-25(2)17(28)13-16/h5-10,12-13H,3-4,11,14,23H2,1-2H3,(H,24,29,31). The zero-order valence-corrected chi connectivity index (χ0v) is 17.5. The number of hydrogen-bond donors (Lipinski definition) is 2. The SMILES string of the molecule is CCCCn1c(N)c(N(Cc2ccccc2)C(=O)c2ccn(C)c(=O)c2)c(=O)[nH]c1=O. The molecule has 9 nitrogen and oxygen atoms in total. The maximum atomic E-state index is 13.4. The molecule has 0 bridgehead atoms. The number of aryl methyl sites for hydroxylation is 1. The van der Waals surface area contributed by atoms with Gasteiger partial charge in [0.2, 0.25) is 0 Å². The molecule has 0 radical (unpaired) electrons. The number of nitrogens with one attached hydrogen (secondary N) is 1. The number of rotatable bonds is 7. The van der Waals surface area contributed by atoms with Gasteiger partial charge in [0.05, 0.1) is 6.54 Å². The predicted octanol–water partition coefficient (Wildman–Crippen LogP) is 1.46. The van der Waals surface area contributed by atoms with Crippen LogP contribution in [0.4, 0.5) is 11.5 Å². The third kappa shape index (κ3) is 4.66. The van der Waals surface area contributed by atoms with Crippen molar-refractivity contribution in [3.63, 3.8) is 0 Å². The molecule has 0 aliphatic heterocycles. The second-order valence-electron chi connectivity index (χ2n) is 7.24. The summed E-state index contributed by atoms with van der Waals surface area (Å²) in [6.45, 7) is 2.31. The van der Waals surface area contributed by atoms with Crippen LogP contribution in [0.1, 0.15) is 35.7 Å². The Kier molecular flexibility index (Phi) is 6.54. The van der Waals surface area contributed by atoms with Gasteiger partial charge in [-0.2, -0.15) is 0 Å². The van der Waals surface area contributed by atoms with E-state index in [4.69, 9.17) is 5.73 Å². The Hall–Kier alpha value is -3.88. The van der Waals surface area contributed by atoms with Crippen LogP contribution < -0.4 is 27.4 Å². The summed E-state index contributed by atoms with van der Waals surface area (Å²) < 4.78 is 2.60. The second-order valence-corrected chi connectivity index (χ2v) is 7.24. The second kappa shape index (κ2) is 9.29. The van der Waals surface area contributed by atoms with Crippen LogP contribution in [0.5, 0.6) is 0 Å². The summed E-state index contributed by atoms with van der Waals surface area (Å²) in [5.41, 5.74) is 5.24. The number of nitrogen functional groups attached to an aromatic ring is 1. The average molecular weight is 423 g/mol. The number of benzene rings is 1. The first kappa shape index (κ1) is 21.8. The minimum absolute atomic E-state index is 0.0359. The molecule has 9 heteroatoms. The van der Waals surface area contributed by atoms with Gasteiger partial charge in [-0.05, 0) is 18.1 Å². The number of H-pyrrole nitrogens is 1. The van der Waals surface area contributed by atoms with E-state index in [9.17, 15) is 19.2 Å².